The maximum absolute atomic E-state index is 12.0. The number of rotatable bonds is 4. The first-order valence-corrected chi connectivity index (χ1v) is 6.76. The van der Waals surface area contributed by atoms with E-state index < -0.39 is 0 Å². The number of amides is 2. The highest BCUT2D eigenvalue weighted by Gasteiger charge is 2.31. The molecule has 2 amide bonds. The van der Waals surface area contributed by atoms with Gasteiger partial charge in [-0.25, -0.2) is 0 Å². The summed E-state index contributed by atoms with van der Waals surface area (Å²) < 4.78 is 0. The highest BCUT2D eigenvalue weighted by molar-refractivity contribution is 5.96. The molecular formula is C15H20N2O2. The van der Waals surface area contributed by atoms with E-state index in [9.17, 15) is 9.59 Å². The molecule has 19 heavy (non-hydrogen) atoms. The molecule has 0 bridgehead atoms. The fraction of sp³-hybridized carbons (Fsp3) is 0.467. The van der Waals surface area contributed by atoms with E-state index >= 15 is 0 Å². The second-order valence-corrected chi connectivity index (χ2v) is 5.06. The van der Waals surface area contributed by atoms with Gasteiger partial charge in [0, 0.05) is 25.1 Å². The van der Waals surface area contributed by atoms with Crippen molar-refractivity contribution in [1.82, 2.24) is 5.32 Å². The molecule has 102 valence electrons. The summed E-state index contributed by atoms with van der Waals surface area (Å²) >= 11 is 0. The first kappa shape index (κ1) is 13.6. The molecule has 1 aliphatic rings. The van der Waals surface area contributed by atoms with Crippen LogP contribution in [0.2, 0.25) is 0 Å². The lowest BCUT2D eigenvalue weighted by molar-refractivity contribution is -0.121. The summed E-state index contributed by atoms with van der Waals surface area (Å²) in [6.07, 6.45) is 1.74. The van der Waals surface area contributed by atoms with Crippen LogP contribution in [-0.4, -0.2) is 24.4 Å². The molecule has 0 unspecified atom stereocenters. The zero-order valence-corrected chi connectivity index (χ0v) is 11.5. The molecule has 1 heterocycles. The summed E-state index contributed by atoms with van der Waals surface area (Å²) in [4.78, 5) is 25.3. The number of benzene rings is 1. The van der Waals surface area contributed by atoms with Gasteiger partial charge in [-0.1, -0.05) is 24.6 Å². The van der Waals surface area contributed by atoms with Crippen molar-refractivity contribution in [3.8, 4) is 0 Å². The van der Waals surface area contributed by atoms with Gasteiger partial charge in [-0.15, -0.1) is 0 Å². The summed E-state index contributed by atoms with van der Waals surface area (Å²) in [5.74, 6) is 0.108. The Morgan fingerprint density at radius 2 is 2.05 bits per heavy atom. The Bertz CT molecular complexity index is 468. The highest BCUT2D eigenvalue weighted by Crippen LogP contribution is 2.21. The Hall–Kier alpha value is -1.84. The smallest absolute Gasteiger partial charge is 0.229 e. The Morgan fingerprint density at radius 1 is 1.37 bits per heavy atom. The van der Waals surface area contributed by atoms with Gasteiger partial charge < -0.3 is 10.2 Å². The minimum absolute atomic E-state index is 0.0334. The molecule has 0 radical (unpaired) electrons. The van der Waals surface area contributed by atoms with E-state index in [1.807, 2.05) is 38.1 Å². The lowest BCUT2D eigenvalue weighted by Gasteiger charge is -2.17. The van der Waals surface area contributed by atoms with Crippen molar-refractivity contribution < 1.29 is 9.59 Å². The van der Waals surface area contributed by atoms with Crippen LogP contribution in [0, 0.1) is 6.92 Å². The molecule has 1 aromatic rings. The zero-order chi connectivity index (χ0) is 13.8. The van der Waals surface area contributed by atoms with Crippen LogP contribution in [0.1, 0.15) is 31.7 Å². The van der Waals surface area contributed by atoms with Crippen molar-refractivity contribution in [2.24, 2.45) is 0 Å². The lowest BCUT2D eigenvalue weighted by atomic mass is 10.2. The van der Waals surface area contributed by atoms with Crippen molar-refractivity contribution >= 4 is 17.5 Å². The van der Waals surface area contributed by atoms with E-state index in [1.165, 1.54) is 5.56 Å². The van der Waals surface area contributed by atoms with Crippen molar-refractivity contribution in [3.05, 3.63) is 29.8 Å². The molecule has 0 aliphatic carbocycles. The van der Waals surface area contributed by atoms with Crippen molar-refractivity contribution in [1.29, 1.82) is 0 Å². The molecule has 1 fully saturated rings. The Morgan fingerprint density at radius 3 is 2.68 bits per heavy atom. The number of nitrogens with one attached hydrogen (secondary N) is 1. The number of hydrogen-bond acceptors (Lipinski definition) is 2. The molecule has 1 atom stereocenters. The summed E-state index contributed by atoms with van der Waals surface area (Å²) in [7, 11) is 0. The Labute approximate surface area is 113 Å². The van der Waals surface area contributed by atoms with E-state index in [0.717, 1.165) is 12.1 Å². The van der Waals surface area contributed by atoms with Gasteiger partial charge in [-0.3, -0.25) is 9.59 Å². The minimum atomic E-state index is -0.0622. The molecule has 4 heteroatoms. The monoisotopic (exact) mass is 260 g/mol. The van der Waals surface area contributed by atoms with Gasteiger partial charge in [0.05, 0.1) is 6.04 Å². The summed E-state index contributed by atoms with van der Waals surface area (Å²) in [5.41, 5.74) is 2.08. The normalized spacial score (nSPS) is 18.7. The predicted octanol–water partition coefficient (Wildman–Crippen LogP) is 2.02. The van der Waals surface area contributed by atoms with Crippen LogP contribution in [0.4, 0.5) is 5.69 Å². The van der Waals surface area contributed by atoms with Gasteiger partial charge >= 0.3 is 0 Å². The summed E-state index contributed by atoms with van der Waals surface area (Å²) in [6.45, 7) is 4.55. The maximum atomic E-state index is 12.0. The molecule has 4 nitrogen and oxygen atoms in total. The average molecular weight is 260 g/mol. The first-order chi connectivity index (χ1) is 9.10. The SMILES string of the molecule is CCCC(=O)N[C@H]1CC(=O)N(c2ccc(C)cc2)C1. The topological polar surface area (TPSA) is 49.4 Å². The second-order valence-electron chi connectivity index (χ2n) is 5.06. The first-order valence-electron chi connectivity index (χ1n) is 6.76. The zero-order valence-electron chi connectivity index (χ0n) is 11.5. The number of carbonyl (C=O) groups excluding carboxylic acids is 2. The molecule has 1 N–H and O–H groups in total. The van der Waals surface area contributed by atoms with Crippen LogP contribution < -0.4 is 10.2 Å². The Balaban J connectivity index is 1.99. The summed E-state index contributed by atoms with van der Waals surface area (Å²) in [5, 5.41) is 2.92. The number of nitrogens with zero attached hydrogens (tertiary/aromatic N) is 1. The highest BCUT2D eigenvalue weighted by atomic mass is 16.2. The predicted molar refractivity (Wildman–Crippen MR) is 75.0 cm³/mol. The molecule has 2 rings (SSSR count). The molecule has 0 saturated carbocycles. The number of anilines is 1. The molecule has 1 aromatic carbocycles. The van der Waals surface area contributed by atoms with E-state index in [0.29, 0.717) is 19.4 Å². The molecule has 1 aliphatic heterocycles. The van der Waals surface area contributed by atoms with Gasteiger partial charge in [0.25, 0.3) is 0 Å². The van der Waals surface area contributed by atoms with Crippen LogP contribution in [0.25, 0.3) is 0 Å². The third-order valence-corrected chi connectivity index (χ3v) is 3.31. The van der Waals surface area contributed by atoms with Crippen LogP contribution >= 0.6 is 0 Å². The van der Waals surface area contributed by atoms with Gasteiger partial charge in [0.2, 0.25) is 11.8 Å². The van der Waals surface area contributed by atoms with E-state index in [-0.39, 0.29) is 17.9 Å². The van der Waals surface area contributed by atoms with Gasteiger partial charge in [-0.05, 0) is 25.5 Å². The van der Waals surface area contributed by atoms with Crippen LogP contribution in [0.5, 0.6) is 0 Å². The second kappa shape index (κ2) is 5.87. The third-order valence-electron chi connectivity index (χ3n) is 3.31. The van der Waals surface area contributed by atoms with Crippen LogP contribution in [0.15, 0.2) is 24.3 Å². The third kappa shape index (κ3) is 3.34. The molecule has 1 saturated heterocycles. The Kier molecular flexibility index (Phi) is 4.20. The van der Waals surface area contributed by atoms with Crippen molar-refractivity contribution in [2.75, 3.05) is 11.4 Å². The van der Waals surface area contributed by atoms with Crippen LogP contribution in [-0.2, 0) is 9.59 Å². The van der Waals surface area contributed by atoms with Crippen molar-refractivity contribution in [3.63, 3.8) is 0 Å². The number of aryl methyl sites for hydroxylation is 1. The fourth-order valence-electron chi connectivity index (χ4n) is 2.31. The fourth-order valence-corrected chi connectivity index (χ4v) is 2.31. The van der Waals surface area contributed by atoms with Crippen molar-refractivity contribution in [2.45, 2.75) is 39.2 Å². The largest absolute Gasteiger partial charge is 0.351 e. The maximum Gasteiger partial charge on any atom is 0.229 e. The average Bonchev–Trinajstić information content (AvgIpc) is 2.71. The van der Waals surface area contributed by atoms with Crippen LogP contribution in [0.3, 0.4) is 0 Å². The summed E-state index contributed by atoms with van der Waals surface area (Å²) in [6, 6.07) is 7.82. The van der Waals surface area contributed by atoms with Gasteiger partial charge in [0.1, 0.15) is 0 Å². The quantitative estimate of drug-likeness (QED) is 0.900. The van der Waals surface area contributed by atoms with Gasteiger partial charge in [-0.2, -0.15) is 0 Å². The van der Waals surface area contributed by atoms with E-state index in [4.69, 9.17) is 0 Å². The van der Waals surface area contributed by atoms with E-state index in [2.05, 4.69) is 5.32 Å². The standard InChI is InChI=1S/C15H20N2O2/c1-3-4-14(18)16-12-9-15(19)17(10-12)13-7-5-11(2)6-8-13/h5-8,12H,3-4,9-10H2,1-2H3,(H,16,18)/t12-/m0/s1. The minimum Gasteiger partial charge on any atom is -0.351 e. The number of hydrogen-bond donors (Lipinski definition) is 1. The van der Waals surface area contributed by atoms with E-state index in [1.54, 1.807) is 4.90 Å². The lowest BCUT2D eigenvalue weighted by Crippen LogP contribution is -2.36. The molecule has 0 spiro atoms. The number of carbonyl (C=O) groups is 2. The van der Waals surface area contributed by atoms with Gasteiger partial charge in [0.15, 0.2) is 0 Å². The molecule has 0 aromatic heterocycles. The molecular weight excluding hydrogens is 240 g/mol.